The van der Waals surface area contributed by atoms with Crippen LogP contribution in [0.25, 0.3) is 11.8 Å². The summed E-state index contributed by atoms with van der Waals surface area (Å²) in [5.41, 5.74) is 6.02. The van der Waals surface area contributed by atoms with Crippen LogP contribution in [0.15, 0.2) is 66.7 Å². The van der Waals surface area contributed by atoms with E-state index in [9.17, 15) is 14.4 Å². The number of nitrogens with zero attached hydrogens (tertiary/aromatic N) is 2. The molecule has 7 nitrogen and oxygen atoms in total. The quantitative estimate of drug-likeness (QED) is 0.373. The number of carbonyl (C=O) groups is 3. The number of para-hydroxylation sites is 1. The lowest BCUT2D eigenvalue weighted by Gasteiger charge is -2.31. The zero-order valence-electron chi connectivity index (χ0n) is 21.6. The Labute approximate surface area is 217 Å². The summed E-state index contributed by atoms with van der Waals surface area (Å²) in [6.45, 7) is 6.69. The zero-order valence-corrected chi connectivity index (χ0v) is 21.6. The normalized spacial score (nSPS) is 14.1. The van der Waals surface area contributed by atoms with E-state index in [4.69, 9.17) is 4.74 Å². The van der Waals surface area contributed by atoms with Gasteiger partial charge in [-0.25, -0.2) is 4.79 Å². The Balaban J connectivity index is 1.24. The lowest BCUT2D eigenvalue weighted by molar-refractivity contribution is -0.149. The van der Waals surface area contributed by atoms with Crippen molar-refractivity contribution >= 4 is 29.5 Å². The number of amides is 2. The maximum Gasteiger partial charge on any atom is 0.331 e. The maximum atomic E-state index is 12.5. The van der Waals surface area contributed by atoms with Crippen LogP contribution in [0.5, 0.6) is 0 Å². The van der Waals surface area contributed by atoms with Gasteiger partial charge >= 0.3 is 5.97 Å². The molecule has 1 fully saturated rings. The second-order valence-corrected chi connectivity index (χ2v) is 9.45. The summed E-state index contributed by atoms with van der Waals surface area (Å²) in [4.78, 5) is 39.0. The maximum absolute atomic E-state index is 12.5. The summed E-state index contributed by atoms with van der Waals surface area (Å²) >= 11 is 0. The van der Waals surface area contributed by atoms with Crippen molar-refractivity contribution in [2.45, 2.75) is 33.6 Å². The fourth-order valence-corrected chi connectivity index (χ4v) is 4.63. The van der Waals surface area contributed by atoms with Gasteiger partial charge in [-0.2, -0.15) is 0 Å². The van der Waals surface area contributed by atoms with E-state index in [1.54, 1.807) is 11.0 Å². The first-order valence-electron chi connectivity index (χ1n) is 12.6. The van der Waals surface area contributed by atoms with Crippen LogP contribution in [0.3, 0.4) is 0 Å². The van der Waals surface area contributed by atoms with Gasteiger partial charge in [-0.1, -0.05) is 35.9 Å². The molecule has 0 unspecified atom stereocenters. The van der Waals surface area contributed by atoms with E-state index in [-0.39, 0.29) is 24.3 Å². The first-order chi connectivity index (χ1) is 17.8. The summed E-state index contributed by atoms with van der Waals surface area (Å²) in [6, 6.07) is 19.6. The molecule has 0 aliphatic carbocycles. The van der Waals surface area contributed by atoms with E-state index in [1.807, 2.05) is 50.2 Å². The number of anilines is 1. The SMILES string of the molecule is Cc1ccc(-n2c(C)cc(C=CC(=O)OCC(=O)N3CCC(C(=O)Nc4ccccc4)CC3)c2C)cc1. The molecule has 2 amide bonds. The molecule has 1 aliphatic rings. The second kappa shape index (κ2) is 11.7. The van der Waals surface area contributed by atoms with Gasteiger partial charge in [0.05, 0.1) is 0 Å². The molecule has 0 spiro atoms. The van der Waals surface area contributed by atoms with Gasteiger partial charge in [0.15, 0.2) is 6.61 Å². The molecule has 0 bridgehead atoms. The molecule has 7 heteroatoms. The standard InChI is InChI=1S/C30H33N3O4/c1-21-9-12-27(13-10-21)33-22(2)19-25(23(33)3)11-14-29(35)37-20-28(34)32-17-15-24(16-18-32)30(36)31-26-7-5-4-6-8-26/h4-14,19,24H,15-18,20H2,1-3H3,(H,31,36). The topological polar surface area (TPSA) is 80.6 Å². The molecule has 0 atom stereocenters. The van der Waals surface area contributed by atoms with Crippen LogP contribution in [0.1, 0.15) is 35.4 Å². The van der Waals surface area contributed by atoms with Crippen molar-refractivity contribution in [2.75, 3.05) is 25.0 Å². The van der Waals surface area contributed by atoms with E-state index in [1.165, 1.54) is 11.6 Å². The number of hydrogen-bond donors (Lipinski definition) is 1. The van der Waals surface area contributed by atoms with Crippen molar-refractivity contribution in [3.63, 3.8) is 0 Å². The van der Waals surface area contributed by atoms with Crippen LogP contribution in [-0.4, -0.2) is 46.9 Å². The molecule has 1 N–H and O–H groups in total. The number of carbonyl (C=O) groups excluding carboxylic acids is 3. The summed E-state index contributed by atoms with van der Waals surface area (Å²) < 4.78 is 7.34. The van der Waals surface area contributed by atoms with E-state index in [0.29, 0.717) is 25.9 Å². The minimum absolute atomic E-state index is 0.0309. The molecular weight excluding hydrogens is 466 g/mol. The fourth-order valence-electron chi connectivity index (χ4n) is 4.63. The average molecular weight is 500 g/mol. The van der Waals surface area contributed by atoms with E-state index < -0.39 is 5.97 Å². The van der Waals surface area contributed by atoms with Crippen LogP contribution in [-0.2, 0) is 19.1 Å². The van der Waals surface area contributed by atoms with Crippen molar-refractivity contribution < 1.29 is 19.1 Å². The predicted octanol–water partition coefficient (Wildman–Crippen LogP) is 4.84. The number of aryl methyl sites for hydroxylation is 2. The number of esters is 1. The lowest BCUT2D eigenvalue weighted by atomic mass is 9.95. The molecule has 37 heavy (non-hydrogen) atoms. The van der Waals surface area contributed by atoms with Crippen LogP contribution in [0.4, 0.5) is 5.69 Å². The number of aromatic nitrogens is 1. The number of nitrogens with one attached hydrogen (secondary N) is 1. The molecule has 1 aromatic heterocycles. The van der Waals surface area contributed by atoms with Crippen molar-refractivity contribution in [3.05, 3.63) is 89.3 Å². The highest BCUT2D eigenvalue weighted by molar-refractivity contribution is 5.93. The highest BCUT2D eigenvalue weighted by atomic mass is 16.5. The van der Waals surface area contributed by atoms with Gasteiger partial charge in [0.1, 0.15) is 0 Å². The molecule has 0 radical (unpaired) electrons. The first kappa shape index (κ1) is 25.9. The van der Waals surface area contributed by atoms with Crippen molar-refractivity contribution in [2.24, 2.45) is 5.92 Å². The second-order valence-electron chi connectivity index (χ2n) is 9.45. The Hall–Kier alpha value is -4.13. The number of rotatable bonds is 7. The molecule has 2 aromatic carbocycles. The Kier molecular flexibility index (Phi) is 8.23. The molecule has 1 saturated heterocycles. The van der Waals surface area contributed by atoms with Gasteiger partial charge < -0.3 is 19.5 Å². The predicted molar refractivity (Wildman–Crippen MR) is 144 cm³/mol. The van der Waals surface area contributed by atoms with Gasteiger partial charge in [0.2, 0.25) is 5.91 Å². The third-order valence-electron chi connectivity index (χ3n) is 6.76. The van der Waals surface area contributed by atoms with Gasteiger partial charge in [-0.3, -0.25) is 9.59 Å². The Morgan fingerprint density at radius 2 is 1.65 bits per heavy atom. The van der Waals surface area contributed by atoms with Crippen LogP contribution in [0, 0.1) is 26.7 Å². The summed E-state index contributed by atoms with van der Waals surface area (Å²) in [7, 11) is 0. The summed E-state index contributed by atoms with van der Waals surface area (Å²) in [5, 5.41) is 2.92. The molecule has 4 rings (SSSR count). The molecule has 1 aliphatic heterocycles. The van der Waals surface area contributed by atoms with Crippen molar-refractivity contribution in [1.29, 1.82) is 0 Å². The number of hydrogen-bond acceptors (Lipinski definition) is 4. The van der Waals surface area contributed by atoms with Gasteiger partial charge in [-0.05, 0) is 75.6 Å². The first-order valence-corrected chi connectivity index (χ1v) is 12.6. The number of piperidine rings is 1. The molecule has 3 aromatic rings. The lowest BCUT2D eigenvalue weighted by Crippen LogP contribution is -2.43. The Morgan fingerprint density at radius 1 is 0.973 bits per heavy atom. The fraction of sp³-hybridized carbons (Fsp3) is 0.300. The Morgan fingerprint density at radius 3 is 2.32 bits per heavy atom. The largest absolute Gasteiger partial charge is 0.452 e. The smallest absolute Gasteiger partial charge is 0.331 e. The minimum atomic E-state index is -0.564. The van der Waals surface area contributed by atoms with E-state index in [0.717, 1.165) is 28.3 Å². The van der Waals surface area contributed by atoms with E-state index >= 15 is 0 Å². The molecule has 0 saturated carbocycles. The third-order valence-corrected chi connectivity index (χ3v) is 6.76. The van der Waals surface area contributed by atoms with Gasteiger partial charge in [0.25, 0.3) is 5.91 Å². The van der Waals surface area contributed by atoms with Crippen LogP contribution in [0.2, 0.25) is 0 Å². The van der Waals surface area contributed by atoms with Crippen molar-refractivity contribution in [1.82, 2.24) is 9.47 Å². The monoisotopic (exact) mass is 499 g/mol. The number of benzene rings is 2. The average Bonchev–Trinajstić information content (AvgIpc) is 3.19. The van der Waals surface area contributed by atoms with Crippen LogP contribution < -0.4 is 5.32 Å². The highest BCUT2D eigenvalue weighted by Gasteiger charge is 2.27. The molecule has 192 valence electrons. The van der Waals surface area contributed by atoms with Crippen LogP contribution >= 0.6 is 0 Å². The number of likely N-dealkylation sites (tertiary alicyclic amines) is 1. The van der Waals surface area contributed by atoms with Crippen molar-refractivity contribution in [3.8, 4) is 5.69 Å². The zero-order chi connectivity index (χ0) is 26.4. The molecule has 2 heterocycles. The summed E-state index contributed by atoms with van der Waals surface area (Å²) in [6.07, 6.45) is 4.23. The van der Waals surface area contributed by atoms with E-state index in [2.05, 4.69) is 41.1 Å². The third kappa shape index (κ3) is 6.55. The highest BCUT2D eigenvalue weighted by Crippen LogP contribution is 2.23. The van der Waals surface area contributed by atoms with Gasteiger partial charge in [0, 0.05) is 47.8 Å². The molecular formula is C30H33N3O4. The van der Waals surface area contributed by atoms with Gasteiger partial charge in [-0.15, -0.1) is 0 Å². The minimum Gasteiger partial charge on any atom is -0.452 e. The Bertz CT molecular complexity index is 1280. The summed E-state index contributed by atoms with van der Waals surface area (Å²) in [5.74, 6) is -0.989. The number of ether oxygens (including phenoxy) is 1.